The molecule has 2 unspecified atom stereocenters. The van der Waals surface area contributed by atoms with Crippen molar-refractivity contribution < 1.29 is 4.74 Å². The van der Waals surface area contributed by atoms with Crippen molar-refractivity contribution in [3.8, 4) is 5.75 Å². The first-order chi connectivity index (χ1) is 9.28. The molecule has 98 valence electrons. The average Bonchev–Trinajstić information content (AvgIpc) is 2.47. The Hall–Kier alpha value is -1.96. The fourth-order valence-electron chi connectivity index (χ4n) is 2.55. The van der Waals surface area contributed by atoms with Gasteiger partial charge < -0.3 is 10.1 Å². The van der Waals surface area contributed by atoms with Crippen LogP contribution in [0.15, 0.2) is 48.5 Å². The minimum Gasteiger partial charge on any atom is -0.481 e. The Morgan fingerprint density at radius 2 is 1.79 bits per heavy atom. The Kier molecular flexibility index (Phi) is 3.16. The molecule has 2 nitrogen and oxygen atoms in total. The fourth-order valence-corrected chi connectivity index (χ4v) is 2.55. The molecule has 3 rings (SSSR count). The summed E-state index contributed by atoms with van der Waals surface area (Å²) in [5, 5.41) is 3.51. The van der Waals surface area contributed by atoms with Crippen LogP contribution in [-0.2, 0) is 6.42 Å². The number of anilines is 1. The molecule has 0 aromatic heterocycles. The molecule has 0 bridgehead atoms. The molecule has 0 saturated carbocycles. The smallest absolute Gasteiger partial charge is 0.144 e. The van der Waals surface area contributed by atoms with E-state index in [2.05, 4.69) is 49.5 Å². The summed E-state index contributed by atoms with van der Waals surface area (Å²) in [6, 6.07) is 17.1. The molecule has 0 spiro atoms. The summed E-state index contributed by atoms with van der Waals surface area (Å²) in [5.41, 5.74) is 3.67. The Morgan fingerprint density at radius 3 is 2.53 bits per heavy atom. The lowest BCUT2D eigenvalue weighted by atomic mass is 9.99. The Balaban J connectivity index is 1.89. The van der Waals surface area contributed by atoms with E-state index >= 15 is 0 Å². The number of aryl methyl sites for hydroxylation is 1. The number of hydrogen-bond donors (Lipinski definition) is 1. The third-order valence-electron chi connectivity index (χ3n) is 3.69. The molecular formula is C17H19NO. The van der Waals surface area contributed by atoms with Gasteiger partial charge in [-0.3, -0.25) is 0 Å². The van der Waals surface area contributed by atoms with E-state index in [1.165, 1.54) is 11.1 Å². The third-order valence-corrected chi connectivity index (χ3v) is 3.69. The minimum atomic E-state index is 0.0702. The SMILES string of the molecule is CCc1ccc(C2Oc3ccccc3NC2C)cc1. The van der Waals surface area contributed by atoms with Crippen LogP contribution >= 0.6 is 0 Å². The van der Waals surface area contributed by atoms with Crippen molar-refractivity contribution in [2.24, 2.45) is 0 Å². The van der Waals surface area contributed by atoms with Gasteiger partial charge in [0.05, 0.1) is 11.7 Å². The van der Waals surface area contributed by atoms with Crippen LogP contribution < -0.4 is 10.1 Å². The number of nitrogens with one attached hydrogen (secondary N) is 1. The zero-order chi connectivity index (χ0) is 13.2. The monoisotopic (exact) mass is 253 g/mol. The van der Waals surface area contributed by atoms with Gasteiger partial charge in [0.2, 0.25) is 0 Å². The molecule has 0 amide bonds. The van der Waals surface area contributed by atoms with E-state index in [0.717, 1.165) is 17.9 Å². The van der Waals surface area contributed by atoms with E-state index in [1.54, 1.807) is 0 Å². The van der Waals surface area contributed by atoms with E-state index in [9.17, 15) is 0 Å². The van der Waals surface area contributed by atoms with Crippen LogP contribution in [-0.4, -0.2) is 6.04 Å². The van der Waals surface area contributed by atoms with Gasteiger partial charge in [-0.2, -0.15) is 0 Å². The van der Waals surface area contributed by atoms with Crippen molar-refractivity contribution in [3.05, 3.63) is 59.7 Å². The van der Waals surface area contributed by atoms with Gasteiger partial charge in [-0.05, 0) is 36.6 Å². The minimum absolute atomic E-state index is 0.0702. The molecule has 0 fully saturated rings. The first-order valence-corrected chi connectivity index (χ1v) is 6.89. The number of fused-ring (bicyclic) bond motifs is 1. The van der Waals surface area contributed by atoms with Crippen LogP contribution in [0.1, 0.15) is 31.1 Å². The van der Waals surface area contributed by atoms with Crippen LogP contribution in [0, 0.1) is 0 Å². The second kappa shape index (κ2) is 4.96. The van der Waals surface area contributed by atoms with Gasteiger partial charge >= 0.3 is 0 Å². The second-order valence-corrected chi connectivity index (χ2v) is 5.06. The molecular weight excluding hydrogens is 234 g/mol. The summed E-state index contributed by atoms with van der Waals surface area (Å²) in [5.74, 6) is 0.935. The number of rotatable bonds is 2. The van der Waals surface area contributed by atoms with Crippen LogP contribution in [0.25, 0.3) is 0 Å². The molecule has 19 heavy (non-hydrogen) atoms. The zero-order valence-corrected chi connectivity index (χ0v) is 11.4. The topological polar surface area (TPSA) is 21.3 Å². The molecule has 0 radical (unpaired) electrons. The summed E-state index contributed by atoms with van der Waals surface area (Å²) in [7, 11) is 0. The number of hydrogen-bond acceptors (Lipinski definition) is 2. The van der Waals surface area contributed by atoms with Gasteiger partial charge in [-0.25, -0.2) is 0 Å². The average molecular weight is 253 g/mol. The molecule has 1 heterocycles. The summed E-state index contributed by atoms with van der Waals surface area (Å²) in [6.45, 7) is 4.33. The molecule has 1 aliphatic rings. The first kappa shape index (κ1) is 12.1. The predicted octanol–water partition coefficient (Wildman–Crippen LogP) is 4.18. The number of ether oxygens (including phenoxy) is 1. The quantitative estimate of drug-likeness (QED) is 0.866. The standard InChI is InChI=1S/C17H19NO/c1-3-13-8-10-14(11-9-13)17-12(2)18-15-6-4-5-7-16(15)19-17/h4-12,17-18H,3H2,1-2H3. The van der Waals surface area contributed by atoms with Crippen molar-refractivity contribution in [2.75, 3.05) is 5.32 Å². The summed E-state index contributed by atoms with van der Waals surface area (Å²) in [6.07, 6.45) is 1.14. The predicted molar refractivity (Wildman–Crippen MR) is 78.7 cm³/mol. The first-order valence-electron chi connectivity index (χ1n) is 6.89. The van der Waals surface area contributed by atoms with Crippen molar-refractivity contribution in [1.29, 1.82) is 0 Å². The maximum atomic E-state index is 6.14. The van der Waals surface area contributed by atoms with Gasteiger partial charge in [0.1, 0.15) is 11.9 Å². The Labute approximate surface area is 114 Å². The normalized spacial score (nSPS) is 21.2. The summed E-state index contributed by atoms with van der Waals surface area (Å²) < 4.78 is 6.14. The summed E-state index contributed by atoms with van der Waals surface area (Å²) in [4.78, 5) is 0. The largest absolute Gasteiger partial charge is 0.481 e. The van der Waals surface area contributed by atoms with Crippen molar-refractivity contribution in [2.45, 2.75) is 32.4 Å². The Bertz CT molecular complexity index is 562. The third kappa shape index (κ3) is 2.30. The Morgan fingerprint density at radius 1 is 1.05 bits per heavy atom. The molecule has 2 aromatic carbocycles. The van der Waals surface area contributed by atoms with Gasteiger partial charge in [0.15, 0.2) is 0 Å². The molecule has 2 heteroatoms. The highest BCUT2D eigenvalue weighted by Crippen LogP contribution is 2.36. The van der Waals surface area contributed by atoms with E-state index in [0.29, 0.717) is 0 Å². The van der Waals surface area contributed by atoms with Crippen molar-refractivity contribution in [3.63, 3.8) is 0 Å². The van der Waals surface area contributed by atoms with Crippen molar-refractivity contribution >= 4 is 5.69 Å². The van der Waals surface area contributed by atoms with E-state index in [-0.39, 0.29) is 12.1 Å². The van der Waals surface area contributed by atoms with Crippen LogP contribution in [0.5, 0.6) is 5.75 Å². The van der Waals surface area contributed by atoms with E-state index < -0.39 is 0 Å². The zero-order valence-electron chi connectivity index (χ0n) is 11.4. The van der Waals surface area contributed by atoms with E-state index in [4.69, 9.17) is 4.74 Å². The van der Waals surface area contributed by atoms with Gasteiger partial charge in [0.25, 0.3) is 0 Å². The maximum Gasteiger partial charge on any atom is 0.144 e. The summed E-state index contributed by atoms with van der Waals surface area (Å²) >= 11 is 0. The van der Waals surface area contributed by atoms with Crippen LogP contribution in [0.3, 0.4) is 0 Å². The van der Waals surface area contributed by atoms with Crippen molar-refractivity contribution in [1.82, 2.24) is 0 Å². The fraction of sp³-hybridized carbons (Fsp3) is 0.294. The highest BCUT2D eigenvalue weighted by molar-refractivity contribution is 5.59. The molecule has 1 aliphatic heterocycles. The van der Waals surface area contributed by atoms with Gasteiger partial charge in [-0.15, -0.1) is 0 Å². The highest BCUT2D eigenvalue weighted by Gasteiger charge is 2.27. The lowest BCUT2D eigenvalue weighted by molar-refractivity contribution is 0.177. The second-order valence-electron chi connectivity index (χ2n) is 5.06. The lowest BCUT2D eigenvalue weighted by Gasteiger charge is -2.33. The van der Waals surface area contributed by atoms with Crippen LogP contribution in [0.2, 0.25) is 0 Å². The highest BCUT2D eigenvalue weighted by atomic mass is 16.5. The molecule has 1 N–H and O–H groups in total. The van der Waals surface area contributed by atoms with Gasteiger partial charge in [0, 0.05) is 0 Å². The lowest BCUT2D eigenvalue weighted by Crippen LogP contribution is -2.32. The molecule has 2 aromatic rings. The molecule has 2 atom stereocenters. The van der Waals surface area contributed by atoms with E-state index in [1.807, 2.05) is 18.2 Å². The molecule has 0 saturated heterocycles. The maximum absolute atomic E-state index is 6.14. The van der Waals surface area contributed by atoms with Gasteiger partial charge in [-0.1, -0.05) is 43.3 Å². The van der Waals surface area contributed by atoms with Crippen LogP contribution in [0.4, 0.5) is 5.69 Å². The number of para-hydroxylation sites is 2. The molecule has 0 aliphatic carbocycles. The number of benzene rings is 2.